The van der Waals surface area contributed by atoms with Crippen LogP contribution in [-0.2, 0) is 17.6 Å². The molecule has 1 heterocycles. The van der Waals surface area contributed by atoms with Gasteiger partial charge in [-0.1, -0.05) is 48.1 Å². The Morgan fingerprint density at radius 2 is 2.08 bits per heavy atom. The number of carbonyl (C=O) groups is 1. The first-order chi connectivity index (χ1) is 12.7. The predicted octanol–water partition coefficient (Wildman–Crippen LogP) is 4.68. The topological polar surface area (TPSA) is 45.8 Å². The van der Waals surface area contributed by atoms with Crippen LogP contribution in [0.15, 0.2) is 66.2 Å². The summed E-state index contributed by atoms with van der Waals surface area (Å²) in [5.74, 6) is 1.25. The third-order valence-electron chi connectivity index (χ3n) is 5.92. The van der Waals surface area contributed by atoms with E-state index in [2.05, 4.69) is 52.5 Å². The van der Waals surface area contributed by atoms with E-state index >= 15 is 0 Å². The highest BCUT2D eigenvalue weighted by molar-refractivity contribution is 5.82. The molecule has 4 rings (SSSR count). The number of rotatable bonds is 5. The van der Waals surface area contributed by atoms with Crippen LogP contribution in [0.1, 0.15) is 37.4 Å². The Kier molecular flexibility index (Phi) is 4.87. The molecule has 3 heteroatoms. The van der Waals surface area contributed by atoms with Gasteiger partial charge < -0.3 is 4.98 Å². The number of benzene rings is 1. The number of carbonyl (C=O) groups excluding carboxylic acids is 1. The molecule has 0 saturated carbocycles. The molecule has 1 aromatic carbocycles. The average molecular weight is 346 g/mol. The van der Waals surface area contributed by atoms with Gasteiger partial charge in [0.25, 0.3) is 0 Å². The van der Waals surface area contributed by atoms with Gasteiger partial charge in [0.15, 0.2) is 0 Å². The summed E-state index contributed by atoms with van der Waals surface area (Å²) in [6.07, 6.45) is 13.3. The molecule has 1 aromatic heterocycles. The van der Waals surface area contributed by atoms with Gasteiger partial charge in [0.05, 0.1) is 6.33 Å². The summed E-state index contributed by atoms with van der Waals surface area (Å²) in [5, 5.41) is 0. The van der Waals surface area contributed by atoms with Crippen molar-refractivity contribution < 1.29 is 4.79 Å². The Hall–Kier alpha value is -2.42. The fraction of sp³-hybridized carbons (Fsp3) is 0.391. The van der Waals surface area contributed by atoms with Crippen molar-refractivity contribution in [3.05, 3.63) is 77.4 Å². The molecule has 2 aliphatic carbocycles. The first kappa shape index (κ1) is 17.0. The van der Waals surface area contributed by atoms with E-state index in [0.717, 1.165) is 32.1 Å². The molecule has 0 fully saturated rings. The summed E-state index contributed by atoms with van der Waals surface area (Å²) >= 11 is 0. The number of nitrogens with zero attached hydrogens (tertiary/aromatic N) is 1. The number of allylic oxidation sites excluding steroid dienone is 4. The molecule has 0 spiro atoms. The molecule has 2 aliphatic rings. The Labute approximate surface area is 155 Å². The number of aromatic amines is 1. The molecule has 3 atom stereocenters. The van der Waals surface area contributed by atoms with Crippen molar-refractivity contribution >= 4 is 5.78 Å². The number of H-pyrrole nitrogens is 1. The first-order valence-corrected chi connectivity index (χ1v) is 9.63. The van der Waals surface area contributed by atoms with Crippen molar-refractivity contribution in [1.82, 2.24) is 9.97 Å². The molecule has 0 saturated heterocycles. The van der Waals surface area contributed by atoms with Crippen molar-refractivity contribution in [3.63, 3.8) is 0 Å². The van der Waals surface area contributed by atoms with Crippen LogP contribution in [-0.4, -0.2) is 15.8 Å². The Morgan fingerprint density at radius 1 is 1.23 bits per heavy atom. The molecule has 0 bridgehead atoms. The summed E-state index contributed by atoms with van der Waals surface area (Å²) in [5.41, 5.74) is 5.33. The van der Waals surface area contributed by atoms with E-state index in [1.54, 1.807) is 13.3 Å². The highest BCUT2D eigenvalue weighted by Crippen LogP contribution is 2.45. The average Bonchev–Trinajstić information content (AvgIpc) is 3.15. The van der Waals surface area contributed by atoms with Crippen molar-refractivity contribution in [1.29, 1.82) is 0 Å². The molecule has 26 heavy (non-hydrogen) atoms. The second-order valence-electron chi connectivity index (χ2n) is 7.67. The fourth-order valence-corrected chi connectivity index (χ4v) is 4.90. The van der Waals surface area contributed by atoms with Gasteiger partial charge in [0.2, 0.25) is 0 Å². The maximum Gasteiger partial charge on any atom is 0.137 e. The molecule has 3 nitrogen and oxygen atoms in total. The smallest absolute Gasteiger partial charge is 0.137 e. The van der Waals surface area contributed by atoms with E-state index in [-0.39, 0.29) is 5.92 Å². The molecule has 0 amide bonds. The first-order valence-electron chi connectivity index (χ1n) is 9.63. The molecular formula is C23H26N2O. The van der Waals surface area contributed by atoms with E-state index in [4.69, 9.17) is 0 Å². The van der Waals surface area contributed by atoms with Gasteiger partial charge in [0, 0.05) is 17.8 Å². The van der Waals surface area contributed by atoms with Gasteiger partial charge >= 0.3 is 0 Å². The van der Waals surface area contributed by atoms with Crippen molar-refractivity contribution in [2.24, 2.45) is 17.8 Å². The minimum absolute atomic E-state index is 0.0770. The van der Waals surface area contributed by atoms with Gasteiger partial charge in [0.1, 0.15) is 5.78 Å². The standard InChI is InChI=1S/C23H26N2O/c1-16(26)23-19(11-17-7-3-2-4-8-17)12-18(13-20-14-24-15-25-20)21-9-5-6-10-22(21)23/h2-5,7-9,14-15,18-19,23H,6,10-13H2,1H3,(H,24,25). The van der Waals surface area contributed by atoms with Gasteiger partial charge in [-0.2, -0.15) is 0 Å². The second-order valence-corrected chi connectivity index (χ2v) is 7.67. The Bertz CT molecular complexity index is 817. The molecule has 3 unspecified atom stereocenters. The number of Topliss-reactive ketones (excluding diaryl/α,β-unsaturated/α-hetero) is 1. The lowest BCUT2D eigenvalue weighted by Gasteiger charge is -2.40. The molecule has 0 radical (unpaired) electrons. The van der Waals surface area contributed by atoms with Crippen molar-refractivity contribution in [3.8, 4) is 0 Å². The van der Waals surface area contributed by atoms with Crippen LogP contribution >= 0.6 is 0 Å². The lowest BCUT2D eigenvalue weighted by atomic mass is 9.64. The normalized spacial score (nSPS) is 25.2. The molecule has 134 valence electrons. The summed E-state index contributed by atoms with van der Waals surface area (Å²) in [6.45, 7) is 1.78. The SMILES string of the molecule is CC(=O)C1C2=C(C=CCC2)C(Cc2cnc[nH]2)CC1Cc1ccccc1. The zero-order valence-electron chi connectivity index (χ0n) is 15.3. The number of hydrogen-bond donors (Lipinski definition) is 1. The Morgan fingerprint density at radius 3 is 2.81 bits per heavy atom. The number of nitrogens with one attached hydrogen (secondary N) is 1. The number of ketones is 1. The third kappa shape index (κ3) is 3.44. The lowest BCUT2D eigenvalue weighted by Crippen LogP contribution is -2.35. The van der Waals surface area contributed by atoms with Crippen LogP contribution in [0, 0.1) is 17.8 Å². The van der Waals surface area contributed by atoms with Crippen molar-refractivity contribution in [2.45, 2.75) is 39.0 Å². The second kappa shape index (κ2) is 7.45. The van der Waals surface area contributed by atoms with E-state index in [1.807, 2.05) is 6.20 Å². The summed E-state index contributed by atoms with van der Waals surface area (Å²) < 4.78 is 0. The van der Waals surface area contributed by atoms with Gasteiger partial charge in [-0.3, -0.25) is 4.79 Å². The van der Waals surface area contributed by atoms with Crippen LogP contribution < -0.4 is 0 Å². The van der Waals surface area contributed by atoms with Gasteiger partial charge in [-0.25, -0.2) is 4.98 Å². The molecular weight excluding hydrogens is 320 g/mol. The Balaban J connectivity index is 1.68. The monoisotopic (exact) mass is 346 g/mol. The van der Waals surface area contributed by atoms with Gasteiger partial charge in [-0.05, 0) is 62.0 Å². The minimum Gasteiger partial charge on any atom is -0.348 e. The largest absolute Gasteiger partial charge is 0.348 e. The molecule has 0 aliphatic heterocycles. The maximum atomic E-state index is 12.6. The quantitative estimate of drug-likeness (QED) is 0.854. The molecule has 2 aromatic rings. The predicted molar refractivity (Wildman–Crippen MR) is 104 cm³/mol. The van der Waals surface area contributed by atoms with E-state index in [0.29, 0.717) is 17.6 Å². The fourth-order valence-electron chi connectivity index (χ4n) is 4.90. The van der Waals surface area contributed by atoms with Crippen LogP contribution in [0.2, 0.25) is 0 Å². The van der Waals surface area contributed by atoms with Gasteiger partial charge in [-0.15, -0.1) is 0 Å². The maximum absolute atomic E-state index is 12.6. The summed E-state index contributed by atoms with van der Waals surface area (Å²) in [4.78, 5) is 20.0. The van der Waals surface area contributed by atoms with Crippen molar-refractivity contribution in [2.75, 3.05) is 0 Å². The van der Waals surface area contributed by atoms with Crippen LogP contribution in [0.3, 0.4) is 0 Å². The zero-order valence-corrected chi connectivity index (χ0v) is 15.3. The van der Waals surface area contributed by atoms with Crippen LogP contribution in [0.5, 0.6) is 0 Å². The number of aromatic nitrogens is 2. The van der Waals surface area contributed by atoms with E-state index in [9.17, 15) is 4.79 Å². The zero-order chi connectivity index (χ0) is 17.9. The third-order valence-corrected chi connectivity index (χ3v) is 5.92. The summed E-state index contributed by atoms with van der Waals surface area (Å²) in [6, 6.07) is 10.6. The van der Waals surface area contributed by atoms with E-state index < -0.39 is 0 Å². The lowest BCUT2D eigenvalue weighted by molar-refractivity contribution is -0.121. The summed E-state index contributed by atoms with van der Waals surface area (Å²) in [7, 11) is 0. The number of hydrogen-bond acceptors (Lipinski definition) is 2. The van der Waals surface area contributed by atoms with Crippen LogP contribution in [0.25, 0.3) is 0 Å². The van der Waals surface area contributed by atoms with E-state index in [1.165, 1.54) is 22.4 Å². The van der Waals surface area contributed by atoms with Crippen LogP contribution in [0.4, 0.5) is 0 Å². The molecule has 1 N–H and O–H groups in total. The highest BCUT2D eigenvalue weighted by Gasteiger charge is 2.38. The minimum atomic E-state index is 0.0770. The number of imidazole rings is 1. The highest BCUT2D eigenvalue weighted by atomic mass is 16.1.